The van der Waals surface area contributed by atoms with Crippen molar-refractivity contribution in [1.29, 1.82) is 0 Å². The Morgan fingerprint density at radius 3 is 2.54 bits per heavy atom. The Morgan fingerprint density at radius 1 is 1.07 bits per heavy atom. The number of hydrogen-bond donors (Lipinski definition) is 0. The fourth-order valence-corrected chi connectivity index (χ4v) is 4.30. The molecule has 0 N–H and O–H groups in total. The zero-order chi connectivity index (χ0) is 19.8. The molecule has 28 heavy (non-hydrogen) atoms. The van der Waals surface area contributed by atoms with E-state index in [0.717, 1.165) is 37.7 Å². The lowest BCUT2D eigenvalue weighted by Crippen LogP contribution is -2.11. The van der Waals surface area contributed by atoms with Gasteiger partial charge in [0.05, 0.1) is 6.61 Å². The van der Waals surface area contributed by atoms with Crippen LogP contribution >= 0.6 is 0 Å². The lowest BCUT2D eigenvalue weighted by molar-refractivity contribution is 0.322. The third-order valence-electron chi connectivity index (χ3n) is 5.80. The first-order chi connectivity index (χ1) is 13.6. The van der Waals surface area contributed by atoms with Crippen molar-refractivity contribution in [3.8, 4) is 28.0 Å². The van der Waals surface area contributed by atoms with Gasteiger partial charge in [-0.15, -0.1) is 6.58 Å². The first kappa shape index (κ1) is 18.9. The van der Waals surface area contributed by atoms with E-state index < -0.39 is 17.5 Å². The van der Waals surface area contributed by atoms with Crippen LogP contribution in [0.15, 0.2) is 36.9 Å². The second-order valence-corrected chi connectivity index (χ2v) is 7.44. The number of ether oxygens (including phenoxy) is 1. The highest BCUT2D eigenvalue weighted by Crippen LogP contribution is 2.53. The molecule has 0 saturated heterocycles. The molecule has 0 aliphatic heterocycles. The molecule has 0 saturated carbocycles. The highest BCUT2D eigenvalue weighted by atomic mass is 19.2. The average molecular weight is 384 g/mol. The van der Waals surface area contributed by atoms with Gasteiger partial charge in [0.1, 0.15) is 0 Å². The molecule has 1 nitrogen and oxygen atoms in total. The molecule has 0 fully saturated rings. The molecule has 1 atom stereocenters. The molecule has 4 heteroatoms. The topological polar surface area (TPSA) is 9.23 Å². The Morgan fingerprint density at radius 2 is 1.86 bits per heavy atom. The number of halogens is 3. The van der Waals surface area contributed by atoms with E-state index in [2.05, 4.69) is 6.58 Å². The summed E-state index contributed by atoms with van der Waals surface area (Å²) in [5.41, 5.74) is 2.46. The van der Waals surface area contributed by atoms with Crippen molar-refractivity contribution in [2.75, 3.05) is 6.61 Å². The van der Waals surface area contributed by atoms with Gasteiger partial charge in [-0.25, -0.2) is 13.2 Å². The van der Waals surface area contributed by atoms with Crippen LogP contribution in [0.25, 0.3) is 27.8 Å². The van der Waals surface area contributed by atoms with Crippen LogP contribution in [0.5, 0.6) is 5.75 Å². The third-order valence-corrected chi connectivity index (χ3v) is 5.80. The van der Waals surface area contributed by atoms with Gasteiger partial charge in [-0.2, -0.15) is 0 Å². The molecule has 4 rings (SSSR count). The van der Waals surface area contributed by atoms with Gasteiger partial charge in [0.15, 0.2) is 23.2 Å². The first-order valence-electron chi connectivity index (χ1n) is 9.85. The molecule has 146 valence electrons. The third kappa shape index (κ3) is 2.95. The number of benzene rings is 2. The van der Waals surface area contributed by atoms with Crippen LogP contribution < -0.4 is 4.74 Å². The normalized spacial score (nSPS) is 17.3. The van der Waals surface area contributed by atoms with Gasteiger partial charge < -0.3 is 4.74 Å². The molecule has 0 aromatic heterocycles. The van der Waals surface area contributed by atoms with Crippen molar-refractivity contribution in [2.45, 2.75) is 39.0 Å². The summed E-state index contributed by atoms with van der Waals surface area (Å²) >= 11 is 0. The summed E-state index contributed by atoms with van der Waals surface area (Å²) in [6.07, 6.45) is 8.54. The molecule has 0 spiro atoms. The molecule has 0 bridgehead atoms. The number of rotatable bonds is 6. The Bertz CT molecular complexity index is 975. The predicted octanol–water partition coefficient (Wildman–Crippen LogP) is 7.30. The predicted molar refractivity (Wildman–Crippen MR) is 107 cm³/mol. The van der Waals surface area contributed by atoms with Gasteiger partial charge in [0.25, 0.3) is 0 Å². The van der Waals surface area contributed by atoms with Crippen LogP contribution in [0.1, 0.15) is 44.6 Å². The van der Waals surface area contributed by atoms with Crippen LogP contribution in [-0.2, 0) is 0 Å². The van der Waals surface area contributed by atoms with Crippen molar-refractivity contribution in [1.82, 2.24) is 0 Å². The second-order valence-electron chi connectivity index (χ2n) is 7.44. The average Bonchev–Trinajstić information content (AvgIpc) is 2.69. The van der Waals surface area contributed by atoms with E-state index in [4.69, 9.17) is 4.74 Å². The standard InChI is InChI=1S/C24H23F3O/c1-3-5-6-14-7-9-15(10-8-14)17-13-18-16-11-12-19(28-4-2)23(26)20(16)21(18)24(27)22(17)25/h3,9,11-14H,1,4-8,10H2,2H3. The Kier molecular flexibility index (Phi) is 5.05. The molecule has 0 heterocycles. The van der Waals surface area contributed by atoms with Gasteiger partial charge in [-0.1, -0.05) is 12.2 Å². The van der Waals surface area contributed by atoms with Crippen LogP contribution in [0, 0.1) is 23.4 Å². The summed E-state index contributed by atoms with van der Waals surface area (Å²) in [6, 6.07) is 4.94. The highest BCUT2D eigenvalue weighted by molar-refractivity contribution is 6.04. The van der Waals surface area contributed by atoms with Crippen LogP contribution in [0.3, 0.4) is 0 Å². The van der Waals surface area contributed by atoms with Gasteiger partial charge in [0, 0.05) is 16.7 Å². The van der Waals surface area contributed by atoms with E-state index in [0.29, 0.717) is 29.2 Å². The maximum absolute atomic E-state index is 14.9. The quantitative estimate of drug-likeness (QED) is 0.405. The maximum Gasteiger partial charge on any atom is 0.173 e. The van der Waals surface area contributed by atoms with E-state index >= 15 is 0 Å². The Labute approximate surface area is 163 Å². The van der Waals surface area contributed by atoms with Crippen molar-refractivity contribution < 1.29 is 17.9 Å². The molecule has 2 aliphatic rings. The summed E-state index contributed by atoms with van der Waals surface area (Å²) in [4.78, 5) is 0. The maximum atomic E-state index is 14.9. The molecule has 0 amide bonds. The second kappa shape index (κ2) is 7.50. The van der Waals surface area contributed by atoms with E-state index in [1.807, 2.05) is 12.2 Å². The van der Waals surface area contributed by atoms with Crippen molar-refractivity contribution in [3.63, 3.8) is 0 Å². The van der Waals surface area contributed by atoms with E-state index in [1.54, 1.807) is 25.1 Å². The number of hydrogen-bond acceptors (Lipinski definition) is 1. The van der Waals surface area contributed by atoms with E-state index in [9.17, 15) is 13.2 Å². The van der Waals surface area contributed by atoms with Gasteiger partial charge in [0.2, 0.25) is 0 Å². The highest BCUT2D eigenvalue weighted by Gasteiger charge is 2.35. The first-order valence-corrected chi connectivity index (χ1v) is 9.85. The lowest BCUT2D eigenvalue weighted by Gasteiger charge is -2.28. The van der Waals surface area contributed by atoms with Gasteiger partial charge >= 0.3 is 0 Å². The summed E-state index contributed by atoms with van der Waals surface area (Å²) in [5, 5.41) is 0. The van der Waals surface area contributed by atoms with Crippen LogP contribution in [0.2, 0.25) is 0 Å². The summed E-state index contributed by atoms with van der Waals surface area (Å²) in [6.45, 7) is 5.81. The molecule has 0 radical (unpaired) electrons. The van der Waals surface area contributed by atoms with Crippen molar-refractivity contribution in [2.24, 2.45) is 5.92 Å². The van der Waals surface area contributed by atoms with Crippen LogP contribution in [-0.4, -0.2) is 6.61 Å². The van der Waals surface area contributed by atoms with Crippen LogP contribution in [0.4, 0.5) is 13.2 Å². The lowest BCUT2D eigenvalue weighted by atomic mass is 9.76. The summed E-state index contributed by atoms with van der Waals surface area (Å²) in [5.74, 6) is -1.85. The summed E-state index contributed by atoms with van der Waals surface area (Å²) in [7, 11) is 0. The fourth-order valence-electron chi connectivity index (χ4n) is 4.30. The molecule has 2 aliphatic carbocycles. The Hall–Kier alpha value is -2.49. The monoisotopic (exact) mass is 384 g/mol. The summed E-state index contributed by atoms with van der Waals surface area (Å²) < 4.78 is 49.6. The Balaban J connectivity index is 1.68. The fraction of sp³-hybridized carbons (Fsp3) is 0.333. The molecule has 2 aromatic rings. The smallest absolute Gasteiger partial charge is 0.173 e. The minimum Gasteiger partial charge on any atom is -0.491 e. The molecule has 2 aromatic carbocycles. The van der Waals surface area contributed by atoms with Crippen molar-refractivity contribution >= 4 is 5.57 Å². The van der Waals surface area contributed by atoms with E-state index in [1.165, 1.54) is 0 Å². The molecular formula is C24H23F3O. The minimum absolute atomic E-state index is 0.0237. The largest absolute Gasteiger partial charge is 0.491 e. The zero-order valence-corrected chi connectivity index (χ0v) is 16.0. The van der Waals surface area contributed by atoms with Gasteiger partial charge in [-0.05, 0) is 79.8 Å². The number of allylic oxidation sites excluding steroid dienone is 3. The number of fused-ring (bicyclic) bond motifs is 4. The molecule has 1 unspecified atom stereocenters. The van der Waals surface area contributed by atoms with Gasteiger partial charge in [-0.3, -0.25) is 0 Å². The molecular weight excluding hydrogens is 361 g/mol. The zero-order valence-electron chi connectivity index (χ0n) is 16.0. The SMILES string of the molecule is C=CCCC1CC=C(c2cc3c(c(F)c2F)-c2c-3ccc(OCC)c2F)CC1. The van der Waals surface area contributed by atoms with Crippen molar-refractivity contribution in [3.05, 3.63) is 59.9 Å². The van der Waals surface area contributed by atoms with E-state index in [-0.39, 0.29) is 16.9 Å². The minimum atomic E-state index is -0.970.